The number of nitrogens with one attached hydrogen (secondary N) is 1. The first-order valence-electron chi connectivity index (χ1n) is 9.04. The molecule has 0 spiro atoms. The smallest absolute Gasteiger partial charge is 0.354 e. The van der Waals surface area contributed by atoms with Gasteiger partial charge in [0.1, 0.15) is 12.7 Å². The van der Waals surface area contributed by atoms with E-state index in [4.69, 9.17) is 4.74 Å². The van der Waals surface area contributed by atoms with E-state index < -0.39 is 10.9 Å². The van der Waals surface area contributed by atoms with Crippen molar-refractivity contribution in [3.8, 4) is 5.82 Å². The Hall–Kier alpha value is -4.34. The Morgan fingerprint density at radius 3 is 2.63 bits per heavy atom. The number of rotatable bonds is 6. The van der Waals surface area contributed by atoms with Crippen molar-refractivity contribution in [3.63, 3.8) is 0 Å². The maximum absolute atomic E-state index is 11.9. The minimum absolute atomic E-state index is 0.0201. The molecule has 0 amide bonds. The maximum atomic E-state index is 11.9. The summed E-state index contributed by atoms with van der Waals surface area (Å²) in [4.78, 5) is 35.5. The first-order chi connectivity index (χ1) is 14.6. The second-order valence-corrected chi connectivity index (χ2v) is 6.18. The number of carbonyl (C=O) groups is 1. The lowest BCUT2D eigenvalue weighted by Gasteiger charge is -2.10. The standard InChI is InChI=1S/C20H16N6O4/c1-2-30-20(27)13-7-9-14(10-8-13)24-18-17(26(28)29)19(22-11-21-18)25-12-23-15-5-3-4-6-16(15)25/h3-12H,2H2,1H3,(H,21,22,24). The summed E-state index contributed by atoms with van der Waals surface area (Å²) in [6, 6.07) is 13.6. The van der Waals surface area contributed by atoms with E-state index in [1.807, 2.05) is 18.2 Å². The summed E-state index contributed by atoms with van der Waals surface area (Å²) in [6.07, 6.45) is 2.73. The Bertz CT molecular complexity index is 1240. The first kappa shape index (κ1) is 19.0. The molecule has 2 heterocycles. The van der Waals surface area contributed by atoms with E-state index in [1.54, 1.807) is 41.8 Å². The summed E-state index contributed by atoms with van der Waals surface area (Å²) in [5, 5.41) is 14.8. The number of para-hydroxylation sites is 2. The number of hydrogen-bond acceptors (Lipinski definition) is 8. The molecule has 1 N–H and O–H groups in total. The summed E-state index contributed by atoms with van der Waals surface area (Å²) in [5.41, 5.74) is 1.98. The second kappa shape index (κ2) is 7.95. The molecule has 0 saturated heterocycles. The third-order valence-electron chi connectivity index (χ3n) is 4.33. The molecule has 30 heavy (non-hydrogen) atoms. The van der Waals surface area contributed by atoms with Crippen molar-refractivity contribution in [3.05, 3.63) is 76.9 Å². The molecule has 0 aliphatic rings. The van der Waals surface area contributed by atoms with Crippen LogP contribution in [0.5, 0.6) is 0 Å². The molecular formula is C20H16N6O4. The van der Waals surface area contributed by atoms with Crippen molar-refractivity contribution in [2.24, 2.45) is 0 Å². The van der Waals surface area contributed by atoms with E-state index in [0.717, 1.165) is 0 Å². The van der Waals surface area contributed by atoms with E-state index in [-0.39, 0.29) is 23.9 Å². The van der Waals surface area contributed by atoms with Crippen LogP contribution in [0.3, 0.4) is 0 Å². The maximum Gasteiger partial charge on any atom is 0.354 e. The molecule has 10 heteroatoms. The van der Waals surface area contributed by atoms with Crippen molar-refractivity contribution < 1.29 is 14.5 Å². The van der Waals surface area contributed by atoms with Crippen LogP contribution in [0.4, 0.5) is 17.2 Å². The lowest BCUT2D eigenvalue weighted by atomic mass is 10.2. The predicted molar refractivity (Wildman–Crippen MR) is 109 cm³/mol. The molecule has 2 aromatic carbocycles. The van der Waals surface area contributed by atoms with Crippen molar-refractivity contribution in [1.29, 1.82) is 0 Å². The monoisotopic (exact) mass is 404 g/mol. The number of imidazole rings is 1. The summed E-state index contributed by atoms with van der Waals surface area (Å²) >= 11 is 0. The molecule has 0 aliphatic heterocycles. The Morgan fingerprint density at radius 1 is 1.13 bits per heavy atom. The van der Waals surface area contributed by atoms with Crippen molar-refractivity contribution >= 4 is 34.2 Å². The van der Waals surface area contributed by atoms with Crippen molar-refractivity contribution in [1.82, 2.24) is 19.5 Å². The van der Waals surface area contributed by atoms with Gasteiger partial charge in [-0.3, -0.25) is 14.7 Å². The van der Waals surface area contributed by atoms with Gasteiger partial charge in [0.2, 0.25) is 11.6 Å². The number of ether oxygens (including phenoxy) is 1. The van der Waals surface area contributed by atoms with Crippen LogP contribution in [-0.2, 0) is 4.74 Å². The van der Waals surface area contributed by atoms with Crippen LogP contribution in [0.1, 0.15) is 17.3 Å². The van der Waals surface area contributed by atoms with Crippen LogP contribution in [0.2, 0.25) is 0 Å². The molecule has 4 rings (SSSR count). The van der Waals surface area contributed by atoms with E-state index in [1.165, 1.54) is 12.7 Å². The highest BCUT2D eigenvalue weighted by Crippen LogP contribution is 2.31. The lowest BCUT2D eigenvalue weighted by molar-refractivity contribution is -0.384. The molecule has 4 aromatic rings. The fourth-order valence-electron chi connectivity index (χ4n) is 2.97. The first-order valence-corrected chi connectivity index (χ1v) is 9.04. The zero-order chi connectivity index (χ0) is 21.1. The zero-order valence-corrected chi connectivity index (χ0v) is 15.8. The molecule has 0 aliphatic carbocycles. The Labute approximate surface area is 170 Å². The van der Waals surface area contributed by atoms with Crippen molar-refractivity contribution in [2.45, 2.75) is 6.92 Å². The average molecular weight is 404 g/mol. The number of nitrogens with zero attached hydrogens (tertiary/aromatic N) is 5. The van der Waals surface area contributed by atoms with Gasteiger partial charge in [0, 0.05) is 5.69 Å². The minimum Gasteiger partial charge on any atom is -0.462 e. The quantitative estimate of drug-likeness (QED) is 0.293. The molecule has 0 bridgehead atoms. The van der Waals surface area contributed by atoms with E-state index >= 15 is 0 Å². The molecule has 150 valence electrons. The highest BCUT2D eigenvalue weighted by atomic mass is 16.6. The summed E-state index contributed by atoms with van der Waals surface area (Å²) in [5.74, 6) is -0.327. The van der Waals surface area contributed by atoms with Gasteiger partial charge in [-0.2, -0.15) is 0 Å². The highest BCUT2D eigenvalue weighted by Gasteiger charge is 2.25. The summed E-state index contributed by atoms with van der Waals surface area (Å²) < 4.78 is 6.50. The van der Waals surface area contributed by atoms with Gasteiger partial charge in [0.25, 0.3) is 0 Å². The average Bonchev–Trinajstić information content (AvgIpc) is 3.18. The third-order valence-corrected chi connectivity index (χ3v) is 4.33. The normalized spacial score (nSPS) is 10.7. The van der Waals surface area contributed by atoms with Gasteiger partial charge in [-0.05, 0) is 43.3 Å². The molecule has 0 unspecified atom stereocenters. The summed E-state index contributed by atoms with van der Waals surface area (Å²) in [7, 11) is 0. The largest absolute Gasteiger partial charge is 0.462 e. The van der Waals surface area contributed by atoms with E-state index in [9.17, 15) is 14.9 Å². The van der Waals surface area contributed by atoms with Crippen LogP contribution in [0, 0.1) is 10.1 Å². The molecule has 2 aromatic heterocycles. The molecule has 0 radical (unpaired) electrons. The molecule has 0 fully saturated rings. The van der Waals surface area contributed by atoms with Gasteiger partial charge in [-0.25, -0.2) is 19.7 Å². The Balaban J connectivity index is 1.72. The van der Waals surface area contributed by atoms with E-state index in [0.29, 0.717) is 22.3 Å². The third kappa shape index (κ3) is 3.53. The number of esters is 1. The van der Waals surface area contributed by atoms with E-state index in [2.05, 4.69) is 20.3 Å². The minimum atomic E-state index is -0.542. The fourth-order valence-corrected chi connectivity index (χ4v) is 2.97. The van der Waals surface area contributed by atoms with Crippen LogP contribution in [0.15, 0.2) is 61.2 Å². The fraction of sp³-hybridized carbons (Fsp3) is 0.100. The molecular weight excluding hydrogens is 388 g/mol. The molecule has 0 atom stereocenters. The number of benzene rings is 2. The topological polar surface area (TPSA) is 125 Å². The summed E-state index contributed by atoms with van der Waals surface area (Å²) in [6.45, 7) is 2.00. The zero-order valence-electron chi connectivity index (χ0n) is 15.8. The Kier molecular flexibility index (Phi) is 5.04. The van der Waals surface area contributed by atoms with Gasteiger partial charge < -0.3 is 10.1 Å². The van der Waals surface area contributed by atoms with Gasteiger partial charge in [-0.1, -0.05) is 12.1 Å². The number of anilines is 2. The van der Waals surface area contributed by atoms with Gasteiger partial charge in [0.05, 0.1) is 28.1 Å². The second-order valence-electron chi connectivity index (χ2n) is 6.18. The molecule has 10 nitrogen and oxygen atoms in total. The van der Waals surface area contributed by atoms with Gasteiger partial charge >= 0.3 is 11.7 Å². The predicted octanol–water partition coefficient (Wildman–Crippen LogP) is 3.64. The number of nitro groups is 1. The number of fused-ring (bicyclic) bond motifs is 1. The Morgan fingerprint density at radius 2 is 1.90 bits per heavy atom. The number of carbonyl (C=O) groups excluding carboxylic acids is 1. The van der Waals surface area contributed by atoms with Crippen molar-refractivity contribution in [2.75, 3.05) is 11.9 Å². The van der Waals surface area contributed by atoms with Gasteiger partial charge in [-0.15, -0.1) is 0 Å². The highest BCUT2D eigenvalue weighted by molar-refractivity contribution is 5.90. The van der Waals surface area contributed by atoms with Crippen LogP contribution < -0.4 is 5.32 Å². The van der Waals surface area contributed by atoms with Crippen LogP contribution in [-0.4, -0.2) is 37.0 Å². The van der Waals surface area contributed by atoms with Gasteiger partial charge in [0.15, 0.2) is 0 Å². The SMILES string of the molecule is CCOC(=O)c1ccc(Nc2ncnc(-n3cnc4ccccc43)c2[N+](=O)[O-])cc1. The van der Waals surface area contributed by atoms with Crippen LogP contribution in [0.25, 0.3) is 16.9 Å². The van der Waals surface area contributed by atoms with Crippen LogP contribution >= 0.6 is 0 Å². The molecule has 0 saturated carbocycles. The number of hydrogen-bond donors (Lipinski definition) is 1. The number of aromatic nitrogens is 4. The lowest BCUT2D eigenvalue weighted by Crippen LogP contribution is -2.08.